The van der Waals surface area contributed by atoms with Crippen LogP contribution in [-0.4, -0.2) is 15.9 Å². The highest BCUT2D eigenvalue weighted by atomic mass is 35.5. The molecule has 0 aromatic carbocycles. The van der Waals surface area contributed by atoms with E-state index in [4.69, 9.17) is 0 Å². The van der Waals surface area contributed by atoms with Crippen LogP contribution in [0.4, 0.5) is 0 Å². The summed E-state index contributed by atoms with van der Waals surface area (Å²) in [4.78, 5) is 15.5. The Balaban J connectivity index is 0.000000980. The molecular weight excluding hydrogens is 202 g/mol. The molecule has 1 aliphatic rings. The lowest BCUT2D eigenvalue weighted by molar-refractivity contribution is 0.0981. The molecule has 1 N–H and O–H groups in total. The van der Waals surface area contributed by atoms with Crippen LogP contribution in [0.15, 0.2) is 18.3 Å². The van der Waals surface area contributed by atoms with Crippen LogP contribution in [0.1, 0.15) is 41.4 Å². The second-order valence-corrected chi connectivity index (χ2v) is 3.27. The average Bonchev–Trinajstić information content (AvgIpc) is 2.29. The van der Waals surface area contributed by atoms with Gasteiger partial charge in [-0.2, -0.15) is 0 Å². The van der Waals surface area contributed by atoms with E-state index in [1.807, 2.05) is 0 Å². The second kappa shape index (κ2) is 4.53. The third-order valence-electron chi connectivity index (χ3n) is 2.34. The van der Waals surface area contributed by atoms with E-state index in [0.717, 1.165) is 6.42 Å². The first-order valence-electron chi connectivity index (χ1n) is 4.45. The van der Waals surface area contributed by atoms with Crippen LogP contribution in [0.3, 0.4) is 0 Å². The van der Waals surface area contributed by atoms with E-state index in [1.54, 1.807) is 18.3 Å². The number of hydrogen-bond acceptors (Lipinski definition) is 3. The maximum absolute atomic E-state index is 11.5. The molecule has 0 spiro atoms. The lowest BCUT2D eigenvalue weighted by atomic mass is 10.1. The van der Waals surface area contributed by atoms with Crippen molar-refractivity contribution in [3.63, 3.8) is 0 Å². The van der Waals surface area contributed by atoms with Crippen LogP contribution in [-0.2, 0) is 0 Å². The highest BCUT2D eigenvalue weighted by Gasteiger charge is 2.21. The predicted octanol–water partition coefficient (Wildman–Crippen LogP) is 1.90. The Morgan fingerprint density at radius 3 is 3.07 bits per heavy atom. The number of Topliss-reactive ketones (excluding diaryl/α,β-unsaturated/α-hetero) is 1. The number of rotatable bonds is 0. The molecule has 4 heteroatoms. The van der Waals surface area contributed by atoms with Gasteiger partial charge in [-0.15, -0.1) is 12.4 Å². The molecule has 1 aromatic heterocycles. The lowest BCUT2D eigenvalue weighted by Crippen LogP contribution is -2.04. The number of halogens is 1. The van der Waals surface area contributed by atoms with Crippen molar-refractivity contribution in [1.82, 2.24) is 4.98 Å². The molecule has 0 amide bonds. The summed E-state index contributed by atoms with van der Waals surface area (Å²) in [5.41, 5.74) is 1.14. The van der Waals surface area contributed by atoms with Crippen LogP contribution in [0.2, 0.25) is 0 Å². The summed E-state index contributed by atoms with van der Waals surface area (Å²) >= 11 is 0. The average molecular weight is 214 g/mol. The topological polar surface area (TPSA) is 50.2 Å². The highest BCUT2D eigenvalue weighted by Crippen LogP contribution is 2.26. The molecule has 14 heavy (non-hydrogen) atoms. The van der Waals surface area contributed by atoms with E-state index in [1.165, 1.54) is 0 Å². The predicted molar refractivity (Wildman–Crippen MR) is 54.6 cm³/mol. The Labute approximate surface area is 88.6 Å². The van der Waals surface area contributed by atoms with Crippen molar-refractivity contribution in [2.24, 2.45) is 0 Å². The summed E-state index contributed by atoms with van der Waals surface area (Å²) in [6, 6.07) is 3.47. The fourth-order valence-corrected chi connectivity index (χ4v) is 1.65. The van der Waals surface area contributed by atoms with Gasteiger partial charge in [0.05, 0.1) is 11.8 Å². The van der Waals surface area contributed by atoms with Gasteiger partial charge in [-0.25, -0.2) is 0 Å². The number of ketones is 1. The number of carbonyl (C=O) groups excluding carboxylic acids is 1. The van der Waals surface area contributed by atoms with Crippen molar-refractivity contribution < 1.29 is 9.90 Å². The maximum atomic E-state index is 11.5. The Hall–Kier alpha value is -0.930. The van der Waals surface area contributed by atoms with Crippen LogP contribution in [0.5, 0.6) is 0 Å². The highest BCUT2D eigenvalue weighted by molar-refractivity contribution is 5.97. The molecule has 0 saturated carbocycles. The minimum Gasteiger partial charge on any atom is -0.387 e. The summed E-state index contributed by atoms with van der Waals surface area (Å²) in [6.45, 7) is 0. The Morgan fingerprint density at radius 1 is 1.50 bits per heavy atom. The van der Waals surface area contributed by atoms with Crippen molar-refractivity contribution >= 4 is 18.2 Å². The fraction of sp³-hybridized carbons (Fsp3) is 0.400. The van der Waals surface area contributed by atoms with Gasteiger partial charge in [0.25, 0.3) is 0 Å². The molecule has 1 aromatic rings. The molecule has 1 unspecified atom stereocenters. The first kappa shape index (κ1) is 11.1. The van der Waals surface area contributed by atoms with Gasteiger partial charge in [0.1, 0.15) is 0 Å². The quantitative estimate of drug-likeness (QED) is 0.670. The normalized spacial score (nSPS) is 20.6. The summed E-state index contributed by atoms with van der Waals surface area (Å²) in [6.07, 6.45) is 2.95. The lowest BCUT2D eigenvalue weighted by Gasteiger charge is -2.07. The van der Waals surface area contributed by atoms with Gasteiger partial charge < -0.3 is 5.11 Å². The van der Waals surface area contributed by atoms with E-state index in [2.05, 4.69) is 4.98 Å². The first-order chi connectivity index (χ1) is 6.29. The van der Waals surface area contributed by atoms with E-state index in [-0.39, 0.29) is 18.2 Å². The van der Waals surface area contributed by atoms with Crippen molar-refractivity contribution in [1.29, 1.82) is 0 Å². The molecule has 3 nitrogen and oxygen atoms in total. The molecule has 0 radical (unpaired) electrons. The zero-order valence-corrected chi connectivity index (χ0v) is 8.46. The zero-order chi connectivity index (χ0) is 9.26. The molecule has 76 valence electrons. The van der Waals surface area contributed by atoms with Gasteiger partial charge in [0, 0.05) is 18.2 Å². The molecule has 0 saturated heterocycles. The number of carbonyl (C=O) groups is 1. The van der Waals surface area contributed by atoms with Crippen molar-refractivity contribution in [3.8, 4) is 0 Å². The van der Waals surface area contributed by atoms with Gasteiger partial charge in [-0.1, -0.05) is 0 Å². The number of aliphatic hydroxyl groups is 1. The molecule has 0 fully saturated rings. The monoisotopic (exact) mass is 213 g/mol. The third kappa shape index (κ3) is 1.94. The van der Waals surface area contributed by atoms with Crippen molar-refractivity contribution in [3.05, 3.63) is 29.6 Å². The minimum atomic E-state index is -0.567. The van der Waals surface area contributed by atoms with Crippen LogP contribution >= 0.6 is 12.4 Å². The van der Waals surface area contributed by atoms with Crippen molar-refractivity contribution in [2.75, 3.05) is 0 Å². The van der Waals surface area contributed by atoms with E-state index in [0.29, 0.717) is 24.1 Å². The van der Waals surface area contributed by atoms with Gasteiger partial charge in [-0.05, 0) is 25.0 Å². The molecule has 1 heterocycles. The smallest absolute Gasteiger partial charge is 0.164 e. The van der Waals surface area contributed by atoms with Crippen LogP contribution < -0.4 is 0 Å². The van der Waals surface area contributed by atoms with Crippen molar-refractivity contribution in [2.45, 2.75) is 25.4 Å². The third-order valence-corrected chi connectivity index (χ3v) is 2.34. The second-order valence-electron chi connectivity index (χ2n) is 3.27. The SMILES string of the molecule is Cl.O=C1CCCC(O)c2ncccc21. The molecule has 0 aliphatic heterocycles. The number of aromatic nitrogens is 1. The van der Waals surface area contributed by atoms with Gasteiger partial charge in [-0.3, -0.25) is 9.78 Å². The molecule has 1 atom stereocenters. The van der Waals surface area contributed by atoms with E-state index < -0.39 is 6.10 Å². The fourth-order valence-electron chi connectivity index (χ4n) is 1.65. The summed E-state index contributed by atoms with van der Waals surface area (Å²) < 4.78 is 0. The van der Waals surface area contributed by atoms with Crippen LogP contribution in [0, 0.1) is 0 Å². The molecule has 2 rings (SSSR count). The van der Waals surface area contributed by atoms with Crippen LogP contribution in [0.25, 0.3) is 0 Å². The number of nitrogens with zero attached hydrogens (tertiary/aromatic N) is 1. The Morgan fingerprint density at radius 2 is 2.29 bits per heavy atom. The number of hydrogen-bond donors (Lipinski definition) is 1. The minimum absolute atomic E-state index is 0. The summed E-state index contributed by atoms with van der Waals surface area (Å²) in [7, 11) is 0. The number of aliphatic hydroxyl groups excluding tert-OH is 1. The molecule has 0 bridgehead atoms. The standard InChI is InChI=1S/C10H11NO2.ClH/c12-8-4-1-5-9(13)10-7(8)3-2-6-11-10;/h2-3,6,9,13H,1,4-5H2;1H. The van der Waals surface area contributed by atoms with Gasteiger partial charge >= 0.3 is 0 Å². The van der Waals surface area contributed by atoms with Gasteiger partial charge in [0.15, 0.2) is 5.78 Å². The van der Waals surface area contributed by atoms with E-state index in [9.17, 15) is 9.90 Å². The summed E-state index contributed by atoms with van der Waals surface area (Å²) in [5.74, 6) is 0.0969. The maximum Gasteiger partial charge on any atom is 0.164 e. The van der Waals surface area contributed by atoms with Gasteiger partial charge in [0.2, 0.25) is 0 Å². The zero-order valence-electron chi connectivity index (χ0n) is 7.64. The largest absolute Gasteiger partial charge is 0.387 e. The van der Waals surface area contributed by atoms with E-state index >= 15 is 0 Å². The number of fused-ring (bicyclic) bond motifs is 1. The molecular formula is C10H12ClNO2. The summed E-state index contributed by atoms with van der Waals surface area (Å²) in [5, 5.41) is 9.64. The molecule has 1 aliphatic carbocycles. The number of pyridine rings is 1. The Bertz CT molecular complexity index is 341. The first-order valence-corrected chi connectivity index (χ1v) is 4.45. The Kier molecular flexibility index (Phi) is 3.61.